The summed E-state index contributed by atoms with van der Waals surface area (Å²) in [5.41, 5.74) is -1.67. The number of nitrogens with one attached hydrogen (secondary N) is 2. The molecule has 2 N–H and O–H groups in total. The molecule has 0 aliphatic carbocycles. The zero-order valence-electron chi connectivity index (χ0n) is 11.4. The third-order valence-corrected chi connectivity index (χ3v) is 3.42. The van der Waals surface area contributed by atoms with E-state index in [4.69, 9.17) is 0 Å². The molecule has 1 amide bonds. The number of hydrogen-bond acceptors (Lipinski definition) is 4. The summed E-state index contributed by atoms with van der Waals surface area (Å²) in [7, 11) is 0. The Labute approximate surface area is 123 Å². The van der Waals surface area contributed by atoms with Crippen LogP contribution in [-0.2, 0) is 11.0 Å². The molecule has 1 aliphatic rings. The van der Waals surface area contributed by atoms with Gasteiger partial charge in [0, 0.05) is 25.1 Å². The normalized spacial score (nSPS) is 19.2. The Morgan fingerprint density at radius 3 is 2.68 bits per heavy atom. The van der Waals surface area contributed by atoms with Crippen molar-refractivity contribution in [1.29, 1.82) is 0 Å². The van der Waals surface area contributed by atoms with E-state index < -0.39 is 22.4 Å². The van der Waals surface area contributed by atoms with Crippen LogP contribution in [0.1, 0.15) is 24.8 Å². The second kappa shape index (κ2) is 6.20. The average molecular weight is 317 g/mol. The van der Waals surface area contributed by atoms with Crippen LogP contribution in [0.2, 0.25) is 0 Å². The highest BCUT2D eigenvalue weighted by Crippen LogP contribution is 2.35. The van der Waals surface area contributed by atoms with Crippen molar-refractivity contribution in [2.24, 2.45) is 0 Å². The Morgan fingerprint density at radius 1 is 1.32 bits per heavy atom. The topological polar surface area (TPSA) is 84.3 Å². The van der Waals surface area contributed by atoms with Crippen molar-refractivity contribution in [2.75, 3.05) is 11.9 Å². The van der Waals surface area contributed by atoms with Gasteiger partial charge in [0.15, 0.2) is 0 Å². The highest BCUT2D eigenvalue weighted by molar-refractivity contribution is 5.76. The van der Waals surface area contributed by atoms with Gasteiger partial charge >= 0.3 is 6.18 Å². The average Bonchev–Trinajstić information content (AvgIpc) is 2.62. The summed E-state index contributed by atoms with van der Waals surface area (Å²) in [6.07, 6.45) is -3.36. The zero-order chi connectivity index (χ0) is 16.3. The number of nitro benzene ring substituents is 1. The van der Waals surface area contributed by atoms with E-state index in [-0.39, 0.29) is 24.1 Å². The SMILES string of the molecule is O=C1CC[C@H](Nc2ccc(C(F)(F)F)cc2[N+](=O)[O-])CCN1. The number of anilines is 1. The van der Waals surface area contributed by atoms with Crippen molar-refractivity contribution < 1.29 is 22.9 Å². The zero-order valence-corrected chi connectivity index (χ0v) is 11.4. The Bertz CT molecular complexity index is 590. The fourth-order valence-corrected chi connectivity index (χ4v) is 2.27. The quantitative estimate of drug-likeness (QED) is 0.663. The van der Waals surface area contributed by atoms with Gasteiger partial charge in [-0.15, -0.1) is 0 Å². The number of rotatable bonds is 3. The molecule has 0 unspecified atom stereocenters. The van der Waals surface area contributed by atoms with Crippen molar-refractivity contribution >= 4 is 17.3 Å². The molecule has 0 spiro atoms. The maximum absolute atomic E-state index is 12.6. The van der Waals surface area contributed by atoms with E-state index in [1.807, 2.05) is 0 Å². The molecule has 1 aromatic rings. The summed E-state index contributed by atoms with van der Waals surface area (Å²) in [5, 5.41) is 16.5. The fraction of sp³-hybridized carbons (Fsp3) is 0.462. The van der Waals surface area contributed by atoms with Crippen LogP contribution >= 0.6 is 0 Å². The molecule has 1 heterocycles. The first kappa shape index (κ1) is 16.1. The lowest BCUT2D eigenvalue weighted by Crippen LogP contribution is -2.23. The first-order valence-corrected chi connectivity index (χ1v) is 6.66. The van der Waals surface area contributed by atoms with Crippen LogP contribution in [0.3, 0.4) is 0 Å². The van der Waals surface area contributed by atoms with Gasteiger partial charge in [-0.05, 0) is 25.0 Å². The lowest BCUT2D eigenvalue weighted by molar-refractivity contribution is -0.384. The van der Waals surface area contributed by atoms with Crippen molar-refractivity contribution in [2.45, 2.75) is 31.5 Å². The number of benzene rings is 1. The lowest BCUT2D eigenvalue weighted by Gasteiger charge is -2.17. The molecule has 1 aliphatic heterocycles. The van der Waals surface area contributed by atoms with Gasteiger partial charge in [0.1, 0.15) is 5.69 Å². The summed E-state index contributed by atoms with van der Waals surface area (Å²) >= 11 is 0. The van der Waals surface area contributed by atoms with E-state index in [1.165, 1.54) is 0 Å². The van der Waals surface area contributed by atoms with Gasteiger partial charge in [-0.3, -0.25) is 14.9 Å². The Balaban J connectivity index is 2.23. The molecule has 2 rings (SSSR count). The molecule has 0 aromatic heterocycles. The number of nitrogens with zero attached hydrogens (tertiary/aromatic N) is 1. The van der Waals surface area contributed by atoms with E-state index in [9.17, 15) is 28.1 Å². The first-order chi connectivity index (χ1) is 10.3. The predicted molar refractivity (Wildman–Crippen MR) is 72.4 cm³/mol. The van der Waals surface area contributed by atoms with E-state index >= 15 is 0 Å². The summed E-state index contributed by atoms with van der Waals surface area (Å²) in [6, 6.07) is 2.16. The summed E-state index contributed by atoms with van der Waals surface area (Å²) in [5.74, 6) is -0.105. The van der Waals surface area contributed by atoms with Crippen LogP contribution in [0.4, 0.5) is 24.5 Å². The van der Waals surface area contributed by atoms with E-state index in [2.05, 4.69) is 10.6 Å². The standard InChI is InChI=1S/C13H14F3N3O3/c14-13(15,16)8-1-3-10(11(7-8)19(21)22)18-9-2-4-12(20)17-6-5-9/h1,3,7,9,18H,2,4-6H2,(H,17,20)/t9-/m0/s1. The first-order valence-electron chi connectivity index (χ1n) is 6.66. The summed E-state index contributed by atoms with van der Waals surface area (Å²) in [4.78, 5) is 21.4. The molecule has 0 radical (unpaired) electrons. The van der Waals surface area contributed by atoms with Crippen LogP contribution in [0.15, 0.2) is 18.2 Å². The molecular formula is C13H14F3N3O3. The molecule has 9 heteroatoms. The number of hydrogen-bond donors (Lipinski definition) is 2. The minimum absolute atomic E-state index is 0.0253. The Hall–Kier alpha value is -2.32. The van der Waals surface area contributed by atoms with Crippen LogP contribution < -0.4 is 10.6 Å². The van der Waals surface area contributed by atoms with Crippen molar-refractivity contribution in [1.82, 2.24) is 5.32 Å². The number of carbonyl (C=O) groups is 1. The molecule has 120 valence electrons. The molecule has 1 saturated heterocycles. The molecule has 1 fully saturated rings. The van der Waals surface area contributed by atoms with Gasteiger partial charge in [0.05, 0.1) is 10.5 Å². The van der Waals surface area contributed by atoms with Crippen molar-refractivity contribution in [3.8, 4) is 0 Å². The minimum Gasteiger partial charge on any atom is -0.377 e. The van der Waals surface area contributed by atoms with Crippen LogP contribution in [0, 0.1) is 10.1 Å². The highest BCUT2D eigenvalue weighted by Gasteiger charge is 2.33. The molecule has 1 aromatic carbocycles. The number of amides is 1. The van der Waals surface area contributed by atoms with Gasteiger partial charge < -0.3 is 10.6 Å². The van der Waals surface area contributed by atoms with E-state index in [1.54, 1.807) is 0 Å². The summed E-state index contributed by atoms with van der Waals surface area (Å²) < 4.78 is 37.9. The van der Waals surface area contributed by atoms with Crippen LogP contribution in [-0.4, -0.2) is 23.4 Å². The molecule has 6 nitrogen and oxygen atoms in total. The second-order valence-corrected chi connectivity index (χ2v) is 5.01. The van der Waals surface area contributed by atoms with Crippen LogP contribution in [0.5, 0.6) is 0 Å². The van der Waals surface area contributed by atoms with Gasteiger partial charge in [-0.1, -0.05) is 0 Å². The number of halogens is 3. The van der Waals surface area contributed by atoms with E-state index in [0.717, 1.165) is 12.1 Å². The van der Waals surface area contributed by atoms with Gasteiger partial charge in [0.25, 0.3) is 5.69 Å². The smallest absolute Gasteiger partial charge is 0.377 e. The molecule has 0 saturated carbocycles. The number of alkyl halides is 3. The van der Waals surface area contributed by atoms with Crippen molar-refractivity contribution in [3.63, 3.8) is 0 Å². The van der Waals surface area contributed by atoms with Crippen molar-refractivity contribution in [3.05, 3.63) is 33.9 Å². The van der Waals surface area contributed by atoms with E-state index in [0.29, 0.717) is 25.5 Å². The Kier molecular flexibility index (Phi) is 4.53. The van der Waals surface area contributed by atoms with Crippen LogP contribution in [0.25, 0.3) is 0 Å². The highest BCUT2D eigenvalue weighted by atomic mass is 19.4. The predicted octanol–water partition coefficient (Wildman–Crippen LogP) is 2.69. The Morgan fingerprint density at radius 2 is 2.05 bits per heavy atom. The fourth-order valence-electron chi connectivity index (χ4n) is 2.27. The lowest BCUT2D eigenvalue weighted by atomic mass is 10.1. The number of nitro groups is 1. The molecule has 22 heavy (non-hydrogen) atoms. The van der Waals surface area contributed by atoms with Gasteiger partial charge in [-0.25, -0.2) is 0 Å². The maximum Gasteiger partial charge on any atom is 0.416 e. The second-order valence-electron chi connectivity index (χ2n) is 5.01. The summed E-state index contributed by atoms with van der Waals surface area (Å²) in [6.45, 7) is 0.422. The molecule has 1 atom stereocenters. The number of carbonyl (C=O) groups excluding carboxylic acids is 1. The third-order valence-electron chi connectivity index (χ3n) is 3.42. The largest absolute Gasteiger partial charge is 0.416 e. The molecular weight excluding hydrogens is 303 g/mol. The third kappa shape index (κ3) is 3.86. The van der Waals surface area contributed by atoms with Gasteiger partial charge in [-0.2, -0.15) is 13.2 Å². The monoisotopic (exact) mass is 317 g/mol. The van der Waals surface area contributed by atoms with Gasteiger partial charge in [0.2, 0.25) is 5.91 Å². The maximum atomic E-state index is 12.6. The minimum atomic E-state index is -4.64. The molecule has 0 bridgehead atoms.